The largest absolute Gasteiger partial charge is 0.384 e. The fraction of sp³-hybridized carbons (Fsp3) is 0.389. The number of H-pyrrole nitrogens is 1. The van der Waals surface area contributed by atoms with Crippen molar-refractivity contribution in [2.75, 3.05) is 5.73 Å². The molecule has 5 rings (SSSR count). The molecule has 3 aromatic rings. The van der Waals surface area contributed by atoms with Crippen LogP contribution in [0, 0.1) is 0 Å². The Morgan fingerprint density at radius 3 is 2.76 bits per heavy atom. The van der Waals surface area contributed by atoms with Gasteiger partial charge in [-0.1, -0.05) is 0 Å². The SMILES string of the molecule is Nc1cc([C@@H]2C[C@H]3CC[C@@H](C2)N3)nc2c(-c3cc[nH]c(=O)c3)cnn12. The molecule has 0 unspecified atom stereocenters. The van der Waals surface area contributed by atoms with Crippen LogP contribution in [0.3, 0.4) is 0 Å². The number of nitrogens with two attached hydrogens (primary N) is 1. The van der Waals surface area contributed by atoms with Crippen LogP contribution in [0.25, 0.3) is 16.8 Å². The maximum absolute atomic E-state index is 11.6. The van der Waals surface area contributed by atoms with Crippen molar-refractivity contribution in [2.45, 2.75) is 43.7 Å². The lowest BCUT2D eigenvalue weighted by molar-refractivity contribution is 0.359. The monoisotopic (exact) mass is 336 g/mol. The number of pyridine rings is 1. The lowest BCUT2D eigenvalue weighted by Gasteiger charge is -2.28. The van der Waals surface area contributed by atoms with Gasteiger partial charge in [0.05, 0.1) is 6.20 Å². The highest BCUT2D eigenvalue weighted by Crippen LogP contribution is 2.37. The highest BCUT2D eigenvalue weighted by Gasteiger charge is 2.35. The van der Waals surface area contributed by atoms with Gasteiger partial charge in [-0.15, -0.1) is 0 Å². The molecule has 0 radical (unpaired) electrons. The molecule has 0 aromatic carbocycles. The van der Waals surface area contributed by atoms with Crippen molar-refractivity contribution in [3.05, 3.63) is 46.6 Å². The van der Waals surface area contributed by atoms with Crippen molar-refractivity contribution in [3.8, 4) is 11.1 Å². The Balaban J connectivity index is 1.62. The number of nitrogens with one attached hydrogen (secondary N) is 2. The summed E-state index contributed by atoms with van der Waals surface area (Å²) >= 11 is 0. The number of nitrogens with zero attached hydrogens (tertiary/aromatic N) is 3. The molecule has 4 N–H and O–H groups in total. The molecule has 128 valence electrons. The normalized spacial score (nSPS) is 25.5. The van der Waals surface area contributed by atoms with E-state index >= 15 is 0 Å². The van der Waals surface area contributed by atoms with Gasteiger partial charge in [0.1, 0.15) is 5.82 Å². The van der Waals surface area contributed by atoms with Gasteiger partial charge in [-0.3, -0.25) is 4.79 Å². The molecule has 2 saturated heterocycles. The van der Waals surface area contributed by atoms with Crippen LogP contribution in [-0.4, -0.2) is 31.7 Å². The first-order valence-electron chi connectivity index (χ1n) is 8.76. The molecule has 2 aliphatic heterocycles. The van der Waals surface area contributed by atoms with E-state index in [2.05, 4.69) is 15.4 Å². The summed E-state index contributed by atoms with van der Waals surface area (Å²) in [6, 6.07) is 6.57. The fourth-order valence-electron chi connectivity index (χ4n) is 4.33. The first-order chi connectivity index (χ1) is 12.2. The Morgan fingerprint density at radius 1 is 1.20 bits per heavy atom. The first-order valence-corrected chi connectivity index (χ1v) is 8.76. The molecule has 2 aliphatic rings. The highest BCUT2D eigenvalue weighted by molar-refractivity contribution is 5.77. The van der Waals surface area contributed by atoms with Crippen LogP contribution in [0.1, 0.15) is 37.3 Å². The predicted molar refractivity (Wildman–Crippen MR) is 95.4 cm³/mol. The first kappa shape index (κ1) is 14.7. The van der Waals surface area contributed by atoms with Crippen LogP contribution in [0.4, 0.5) is 5.82 Å². The van der Waals surface area contributed by atoms with E-state index in [1.165, 1.54) is 12.8 Å². The predicted octanol–water partition coefficient (Wildman–Crippen LogP) is 1.66. The second-order valence-corrected chi connectivity index (χ2v) is 7.15. The summed E-state index contributed by atoms with van der Waals surface area (Å²) < 4.78 is 1.65. The Hall–Kier alpha value is -2.67. The third-order valence-electron chi connectivity index (χ3n) is 5.50. The molecule has 3 atom stereocenters. The lowest BCUT2D eigenvalue weighted by Crippen LogP contribution is -2.37. The highest BCUT2D eigenvalue weighted by atomic mass is 16.1. The number of aromatic amines is 1. The van der Waals surface area contributed by atoms with Crippen molar-refractivity contribution in [1.82, 2.24) is 24.9 Å². The topological polar surface area (TPSA) is 101 Å². The molecule has 3 aromatic heterocycles. The van der Waals surface area contributed by atoms with E-state index in [4.69, 9.17) is 10.7 Å². The van der Waals surface area contributed by atoms with Crippen LogP contribution in [0.15, 0.2) is 35.4 Å². The van der Waals surface area contributed by atoms with Crippen molar-refractivity contribution < 1.29 is 0 Å². The van der Waals surface area contributed by atoms with Gasteiger partial charge >= 0.3 is 0 Å². The number of piperidine rings is 1. The van der Waals surface area contributed by atoms with E-state index in [1.54, 1.807) is 23.0 Å². The van der Waals surface area contributed by atoms with Crippen LogP contribution in [0.5, 0.6) is 0 Å². The zero-order valence-corrected chi connectivity index (χ0v) is 13.8. The van der Waals surface area contributed by atoms with Crippen molar-refractivity contribution in [2.24, 2.45) is 0 Å². The van der Waals surface area contributed by atoms with Crippen molar-refractivity contribution in [3.63, 3.8) is 0 Å². The van der Waals surface area contributed by atoms with Gasteiger partial charge < -0.3 is 16.0 Å². The molecule has 0 spiro atoms. The van der Waals surface area contributed by atoms with E-state index < -0.39 is 0 Å². The van der Waals surface area contributed by atoms with Crippen LogP contribution < -0.4 is 16.6 Å². The molecule has 2 fully saturated rings. The van der Waals surface area contributed by atoms with E-state index in [0.29, 0.717) is 29.5 Å². The zero-order valence-electron chi connectivity index (χ0n) is 13.8. The summed E-state index contributed by atoms with van der Waals surface area (Å²) in [6.45, 7) is 0. The van der Waals surface area contributed by atoms with Gasteiger partial charge in [0.25, 0.3) is 0 Å². The second-order valence-electron chi connectivity index (χ2n) is 7.15. The third-order valence-corrected chi connectivity index (χ3v) is 5.50. The molecule has 25 heavy (non-hydrogen) atoms. The number of hydrogen-bond donors (Lipinski definition) is 3. The summed E-state index contributed by atoms with van der Waals surface area (Å²) in [5.74, 6) is 1.01. The Kier molecular flexibility index (Phi) is 3.18. The van der Waals surface area contributed by atoms with Gasteiger partial charge in [0, 0.05) is 47.6 Å². The maximum atomic E-state index is 11.6. The average Bonchev–Trinajstić information content (AvgIpc) is 3.18. The molecule has 0 saturated carbocycles. The lowest BCUT2D eigenvalue weighted by atomic mass is 9.89. The van der Waals surface area contributed by atoms with E-state index in [-0.39, 0.29) is 5.56 Å². The maximum Gasteiger partial charge on any atom is 0.248 e. The van der Waals surface area contributed by atoms with Crippen molar-refractivity contribution in [1.29, 1.82) is 0 Å². The number of hydrogen-bond acceptors (Lipinski definition) is 5. The molecule has 7 heteroatoms. The summed E-state index contributed by atoms with van der Waals surface area (Å²) in [4.78, 5) is 19.2. The summed E-state index contributed by atoms with van der Waals surface area (Å²) in [6.07, 6.45) is 8.08. The Labute approximate surface area is 144 Å². The smallest absolute Gasteiger partial charge is 0.248 e. The average molecular weight is 336 g/mol. The van der Waals surface area contributed by atoms with Crippen molar-refractivity contribution >= 4 is 11.5 Å². The van der Waals surface area contributed by atoms with Gasteiger partial charge in [-0.05, 0) is 37.3 Å². The number of nitrogen functional groups attached to an aromatic ring is 1. The molecule has 5 heterocycles. The number of fused-ring (bicyclic) bond motifs is 3. The summed E-state index contributed by atoms with van der Waals surface area (Å²) in [5, 5.41) is 8.02. The fourth-order valence-corrected chi connectivity index (χ4v) is 4.33. The van der Waals surface area contributed by atoms with E-state index in [9.17, 15) is 4.79 Å². The molecular formula is C18H20N6O. The van der Waals surface area contributed by atoms with E-state index in [0.717, 1.165) is 29.7 Å². The van der Waals surface area contributed by atoms with Crippen LogP contribution in [-0.2, 0) is 0 Å². The van der Waals surface area contributed by atoms with Crippen LogP contribution >= 0.6 is 0 Å². The van der Waals surface area contributed by atoms with Gasteiger partial charge in [0.2, 0.25) is 5.56 Å². The van der Waals surface area contributed by atoms with Gasteiger partial charge in [-0.25, -0.2) is 4.98 Å². The minimum Gasteiger partial charge on any atom is -0.384 e. The molecule has 7 nitrogen and oxygen atoms in total. The molecule has 2 bridgehead atoms. The third kappa shape index (κ3) is 2.42. The molecular weight excluding hydrogens is 316 g/mol. The molecule has 0 aliphatic carbocycles. The van der Waals surface area contributed by atoms with Gasteiger partial charge in [0.15, 0.2) is 5.65 Å². The standard InChI is InChI=1S/C18H20N6O/c19-16-8-15(11-5-12-1-2-13(6-11)22-12)23-18-14(9-21-24(16)18)10-3-4-20-17(25)7-10/h3-4,7-9,11-13,22H,1-2,5-6,19H2,(H,20,25)/t11-,12-,13+. The molecule has 0 amide bonds. The van der Waals surface area contributed by atoms with Crippen LogP contribution in [0.2, 0.25) is 0 Å². The summed E-state index contributed by atoms with van der Waals surface area (Å²) in [7, 11) is 0. The quantitative estimate of drug-likeness (QED) is 0.661. The number of aromatic nitrogens is 4. The number of anilines is 1. The van der Waals surface area contributed by atoms with E-state index in [1.807, 2.05) is 12.1 Å². The Morgan fingerprint density at radius 2 is 2.00 bits per heavy atom. The Bertz CT molecular complexity index is 994. The minimum absolute atomic E-state index is 0.143. The second kappa shape index (κ2) is 5.42. The minimum atomic E-state index is -0.143. The van der Waals surface area contributed by atoms with Gasteiger partial charge in [-0.2, -0.15) is 9.61 Å². The summed E-state index contributed by atoms with van der Waals surface area (Å²) in [5.41, 5.74) is 9.48. The zero-order chi connectivity index (χ0) is 17.0. The number of rotatable bonds is 2.